The fraction of sp³-hybridized carbons (Fsp3) is 0.0625. The van der Waals surface area contributed by atoms with Gasteiger partial charge in [-0.3, -0.25) is 14.7 Å². The van der Waals surface area contributed by atoms with Crippen LogP contribution >= 0.6 is 24.0 Å². The highest BCUT2D eigenvalue weighted by molar-refractivity contribution is 8.27. The molecule has 2 aromatic rings. The van der Waals surface area contributed by atoms with Crippen molar-refractivity contribution in [2.45, 2.75) is 6.18 Å². The number of thioether (sulfide) groups is 1. The molecule has 0 N–H and O–H groups in total. The Morgan fingerprint density at radius 1 is 1.21 bits per heavy atom. The molecule has 0 atom stereocenters. The van der Waals surface area contributed by atoms with E-state index in [0.29, 0.717) is 10.0 Å². The quantitative estimate of drug-likeness (QED) is 0.579. The van der Waals surface area contributed by atoms with Gasteiger partial charge >= 0.3 is 6.18 Å². The van der Waals surface area contributed by atoms with Crippen molar-refractivity contribution in [3.05, 3.63) is 64.8 Å². The van der Waals surface area contributed by atoms with Gasteiger partial charge in [-0.1, -0.05) is 36.1 Å². The Balaban J connectivity index is 1.93. The number of amides is 1. The predicted molar refractivity (Wildman–Crippen MR) is 91.3 cm³/mol. The molecule has 1 amide bonds. The predicted octanol–water partition coefficient (Wildman–Crippen LogP) is 4.51. The molecule has 2 heterocycles. The van der Waals surface area contributed by atoms with Crippen molar-refractivity contribution >= 4 is 46.0 Å². The van der Waals surface area contributed by atoms with Gasteiger partial charge in [0.15, 0.2) is 4.32 Å². The first kappa shape index (κ1) is 16.7. The summed E-state index contributed by atoms with van der Waals surface area (Å²) in [6, 6.07) is 8.15. The second-order valence-corrected chi connectivity index (χ2v) is 6.53. The van der Waals surface area contributed by atoms with E-state index in [1.165, 1.54) is 29.3 Å². The smallest absolute Gasteiger partial charge is 0.268 e. The number of halogens is 3. The van der Waals surface area contributed by atoms with E-state index in [1.54, 1.807) is 18.3 Å². The lowest BCUT2D eigenvalue weighted by Crippen LogP contribution is -2.27. The Morgan fingerprint density at radius 3 is 2.67 bits per heavy atom. The summed E-state index contributed by atoms with van der Waals surface area (Å²) < 4.78 is 38.6. The number of hydrogen-bond acceptors (Lipinski definition) is 4. The number of anilines is 1. The lowest BCUT2D eigenvalue weighted by Gasteiger charge is -2.13. The topological polar surface area (TPSA) is 33.2 Å². The average molecular weight is 366 g/mol. The highest BCUT2D eigenvalue weighted by atomic mass is 32.2. The Hall–Kier alpha value is -2.19. The minimum absolute atomic E-state index is 0.267. The lowest BCUT2D eigenvalue weighted by atomic mass is 10.1. The summed E-state index contributed by atoms with van der Waals surface area (Å²) in [6.45, 7) is 0. The van der Waals surface area contributed by atoms with Gasteiger partial charge in [-0.25, -0.2) is 0 Å². The van der Waals surface area contributed by atoms with Crippen LogP contribution in [0.15, 0.2) is 53.7 Å². The first-order chi connectivity index (χ1) is 11.4. The molecule has 1 aromatic heterocycles. The zero-order chi connectivity index (χ0) is 17.3. The third-order valence-corrected chi connectivity index (χ3v) is 4.51. The summed E-state index contributed by atoms with van der Waals surface area (Å²) in [5.41, 5.74) is 0.0444. The van der Waals surface area contributed by atoms with Gasteiger partial charge in [-0.15, -0.1) is 0 Å². The van der Waals surface area contributed by atoms with Crippen molar-refractivity contribution < 1.29 is 18.0 Å². The van der Waals surface area contributed by atoms with Gasteiger partial charge < -0.3 is 0 Å². The number of carbonyl (C=O) groups excluding carboxylic acids is 1. The van der Waals surface area contributed by atoms with Crippen LogP contribution in [0.2, 0.25) is 0 Å². The minimum Gasteiger partial charge on any atom is -0.268 e. The highest BCUT2D eigenvalue weighted by Crippen LogP contribution is 2.36. The average Bonchev–Trinajstić information content (AvgIpc) is 2.82. The van der Waals surface area contributed by atoms with Crippen molar-refractivity contribution in [3.8, 4) is 0 Å². The van der Waals surface area contributed by atoms with Crippen LogP contribution in [0.4, 0.5) is 18.9 Å². The molecule has 8 heteroatoms. The molecular weight excluding hydrogens is 357 g/mol. The van der Waals surface area contributed by atoms with Gasteiger partial charge in [0.05, 0.1) is 22.4 Å². The Bertz CT molecular complexity index is 835. The van der Waals surface area contributed by atoms with Gasteiger partial charge in [0.2, 0.25) is 0 Å². The third-order valence-electron chi connectivity index (χ3n) is 3.21. The molecule has 0 unspecified atom stereocenters. The Labute approximate surface area is 145 Å². The van der Waals surface area contributed by atoms with Gasteiger partial charge in [-0.05, 0) is 35.9 Å². The normalized spacial score (nSPS) is 17.0. The molecule has 122 valence electrons. The molecule has 0 aliphatic carbocycles. The van der Waals surface area contributed by atoms with E-state index in [2.05, 4.69) is 4.98 Å². The molecule has 0 spiro atoms. The van der Waals surface area contributed by atoms with E-state index in [-0.39, 0.29) is 16.4 Å². The standard InChI is InChI=1S/C16H9F3N2OS2/c17-16(18,19)11-4-1-3-10(7-11)8-13-14(22)21(15(23)24-13)12-5-2-6-20-9-12/h1-9H/b13-8-. The molecule has 1 saturated heterocycles. The Morgan fingerprint density at radius 2 is 2.00 bits per heavy atom. The van der Waals surface area contributed by atoms with Crippen molar-refractivity contribution in [1.82, 2.24) is 4.98 Å². The molecule has 1 aliphatic heterocycles. The molecule has 0 saturated carbocycles. The number of thiocarbonyl (C=S) groups is 1. The molecule has 1 aliphatic rings. The lowest BCUT2D eigenvalue weighted by molar-refractivity contribution is -0.137. The summed E-state index contributed by atoms with van der Waals surface area (Å²) in [4.78, 5) is 18.0. The van der Waals surface area contributed by atoms with E-state index in [4.69, 9.17) is 12.2 Å². The van der Waals surface area contributed by atoms with E-state index in [9.17, 15) is 18.0 Å². The molecule has 1 fully saturated rings. The zero-order valence-electron chi connectivity index (χ0n) is 11.9. The molecule has 3 nitrogen and oxygen atoms in total. The van der Waals surface area contributed by atoms with Gasteiger partial charge in [-0.2, -0.15) is 13.2 Å². The van der Waals surface area contributed by atoms with Crippen molar-refractivity contribution in [2.24, 2.45) is 0 Å². The summed E-state index contributed by atoms with van der Waals surface area (Å²) in [7, 11) is 0. The van der Waals surface area contributed by atoms with Crippen molar-refractivity contribution in [1.29, 1.82) is 0 Å². The second kappa shape index (κ2) is 6.37. The number of hydrogen-bond donors (Lipinski definition) is 0. The number of aromatic nitrogens is 1. The number of benzene rings is 1. The maximum Gasteiger partial charge on any atom is 0.416 e. The minimum atomic E-state index is -4.43. The highest BCUT2D eigenvalue weighted by Gasteiger charge is 2.34. The van der Waals surface area contributed by atoms with Crippen LogP contribution in [0.5, 0.6) is 0 Å². The summed E-state index contributed by atoms with van der Waals surface area (Å²) in [5.74, 6) is -0.379. The van der Waals surface area contributed by atoms with Gasteiger partial charge in [0.25, 0.3) is 5.91 Å². The number of rotatable bonds is 2. The first-order valence-electron chi connectivity index (χ1n) is 6.71. The number of pyridine rings is 1. The first-order valence-corrected chi connectivity index (χ1v) is 7.94. The van der Waals surface area contributed by atoms with Crippen LogP contribution < -0.4 is 4.90 Å². The maximum absolute atomic E-state index is 12.8. The number of alkyl halides is 3. The fourth-order valence-corrected chi connectivity index (χ4v) is 3.43. The van der Waals surface area contributed by atoms with Crippen LogP contribution in [0, 0.1) is 0 Å². The molecule has 0 radical (unpaired) electrons. The van der Waals surface area contributed by atoms with Crippen LogP contribution in [0.25, 0.3) is 6.08 Å². The van der Waals surface area contributed by atoms with E-state index < -0.39 is 11.7 Å². The number of nitrogens with zero attached hydrogens (tertiary/aromatic N) is 2. The molecule has 24 heavy (non-hydrogen) atoms. The summed E-state index contributed by atoms with van der Waals surface area (Å²) in [6.07, 6.45) is 0.0426. The SMILES string of the molecule is O=C1/C(=C/c2cccc(C(F)(F)F)c2)SC(=S)N1c1cccnc1. The molecule has 0 bridgehead atoms. The molecule has 3 rings (SSSR count). The molecular formula is C16H9F3N2OS2. The van der Waals surface area contributed by atoms with E-state index in [0.717, 1.165) is 23.9 Å². The number of carbonyl (C=O) groups is 1. The third kappa shape index (κ3) is 3.34. The van der Waals surface area contributed by atoms with Crippen molar-refractivity contribution in [3.63, 3.8) is 0 Å². The molecule has 1 aromatic carbocycles. The van der Waals surface area contributed by atoms with E-state index in [1.807, 2.05) is 0 Å². The zero-order valence-corrected chi connectivity index (χ0v) is 13.6. The summed E-state index contributed by atoms with van der Waals surface area (Å²) in [5, 5.41) is 0. The van der Waals surface area contributed by atoms with Crippen LogP contribution in [0.3, 0.4) is 0 Å². The second-order valence-electron chi connectivity index (χ2n) is 4.85. The Kier molecular flexibility index (Phi) is 4.42. The van der Waals surface area contributed by atoms with Crippen LogP contribution in [0.1, 0.15) is 11.1 Å². The van der Waals surface area contributed by atoms with Gasteiger partial charge in [0, 0.05) is 6.20 Å². The van der Waals surface area contributed by atoms with Crippen LogP contribution in [-0.2, 0) is 11.0 Å². The summed E-state index contributed by atoms with van der Waals surface area (Å²) >= 11 is 6.24. The fourth-order valence-electron chi connectivity index (χ4n) is 2.13. The largest absolute Gasteiger partial charge is 0.416 e. The van der Waals surface area contributed by atoms with E-state index >= 15 is 0 Å². The monoisotopic (exact) mass is 366 g/mol. The van der Waals surface area contributed by atoms with Crippen LogP contribution in [-0.4, -0.2) is 15.2 Å². The maximum atomic E-state index is 12.8. The van der Waals surface area contributed by atoms with Crippen molar-refractivity contribution in [2.75, 3.05) is 4.90 Å². The van der Waals surface area contributed by atoms with Gasteiger partial charge in [0.1, 0.15) is 0 Å².